The first kappa shape index (κ1) is 22.3. The van der Waals surface area contributed by atoms with E-state index in [9.17, 15) is 18.5 Å². The molecule has 1 unspecified atom stereocenters. The van der Waals surface area contributed by atoms with Crippen LogP contribution in [0.2, 0.25) is 5.02 Å². The van der Waals surface area contributed by atoms with E-state index in [2.05, 4.69) is 30.5 Å². The summed E-state index contributed by atoms with van der Waals surface area (Å²) in [5.41, 5.74) is 1.22. The first-order valence-electron chi connectivity index (χ1n) is 9.70. The maximum Gasteiger partial charge on any atom is 0.269 e. The molecule has 1 aromatic heterocycles. The predicted octanol–water partition coefficient (Wildman–Crippen LogP) is 5.11. The number of nitrogens with one attached hydrogen (secondary N) is 1. The van der Waals surface area contributed by atoms with Crippen LogP contribution in [-0.2, 0) is 16.8 Å². The topological polar surface area (TPSA) is 85.4 Å². The molecular formula is C23H19ClFN3O3S. The number of amides is 2. The fourth-order valence-corrected chi connectivity index (χ4v) is 4.46. The lowest BCUT2D eigenvalue weighted by molar-refractivity contribution is 0.0925. The van der Waals surface area contributed by atoms with Gasteiger partial charge in [-0.05, 0) is 47.4 Å². The molecule has 0 saturated carbocycles. The van der Waals surface area contributed by atoms with Gasteiger partial charge in [-0.15, -0.1) is 0 Å². The SMILES string of the molecule is CC(C)(C)c1ccc([S+]([O-])Nc2ccc(Cl)c3c2C(=O)N(c2ccc(F)cn2)C3=O)cc1. The smallest absolute Gasteiger partial charge is 0.269 e. The summed E-state index contributed by atoms with van der Waals surface area (Å²) in [5.74, 6) is -2.00. The lowest BCUT2D eigenvalue weighted by Gasteiger charge is -2.19. The second-order valence-corrected chi connectivity index (χ2v) is 9.89. The van der Waals surface area contributed by atoms with Crippen LogP contribution in [0.15, 0.2) is 59.6 Å². The zero-order valence-electron chi connectivity index (χ0n) is 17.5. The molecule has 164 valence electrons. The van der Waals surface area contributed by atoms with Crippen LogP contribution in [0.1, 0.15) is 47.1 Å². The average Bonchev–Trinajstić information content (AvgIpc) is 3.01. The van der Waals surface area contributed by atoms with Crippen molar-refractivity contribution in [3.8, 4) is 0 Å². The maximum absolute atomic E-state index is 13.2. The van der Waals surface area contributed by atoms with Gasteiger partial charge < -0.3 is 4.55 Å². The molecule has 1 aliphatic heterocycles. The van der Waals surface area contributed by atoms with Crippen molar-refractivity contribution >= 4 is 46.3 Å². The Morgan fingerprint density at radius 2 is 1.66 bits per heavy atom. The van der Waals surface area contributed by atoms with E-state index in [1.54, 1.807) is 12.1 Å². The van der Waals surface area contributed by atoms with E-state index >= 15 is 0 Å². The number of rotatable bonds is 4. The molecule has 32 heavy (non-hydrogen) atoms. The highest BCUT2D eigenvalue weighted by molar-refractivity contribution is 7.92. The van der Waals surface area contributed by atoms with Crippen molar-refractivity contribution in [3.05, 3.63) is 82.3 Å². The normalized spacial score (nSPS) is 14.5. The lowest BCUT2D eigenvalue weighted by Crippen LogP contribution is -2.30. The summed E-state index contributed by atoms with van der Waals surface area (Å²) < 4.78 is 29.0. The van der Waals surface area contributed by atoms with Crippen molar-refractivity contribution < 1.29 is 18.5 Å². The van der Waals surface area contributed by atoms with Crippen molar-refractivity contribution in [2.75, 3.05) is 9.62 Å². The van der Waals surface area contributed by atoms with E-state index in [0.717, 1.165) is 22.7 Å². The van der Waals surface area contributed by atoms with Crippen LogP contribution in [0.4, 0.5) is 15.9 Å². The number of imide groups is 1. The summed E-state index contributed by atoms with van der Waals surface area (Å²) in [6.45, 7) is 6.25. The zero-order chi connectivity index (χ0) is 23.2. The molecule has 1 aliphatic rings. The average molecular weight is 472 g/mol. The number of aromatic nitrogens is 1. The molecular weight excluding hydrogens is 453 g/mol. The number of carbonyl (C=O) groups is 2. The molecule has 0 radical (unpaired) electrons. The molecule has 6 nitrogen and oxygen atoms in total. The summed E-state index contributed by atoms with van der Waals surface area (Å²) in [6, 6.07) is 12.6. The van der Waals surface area contributed by atoms with E-state index in [4.69, 9.17) is 11.6 Å². The van der Waals surface area contributed by atoms with Gasteiger partial charge in [0.1, 0.15) is 23.0 Å². The van der Waals surface area contributed by atoms with Crippen molar-refractivity contribution in [2.45, 2.75) is 31.1 Å². The number of pyridine rings is 1. The quantitative estimate of drug-likeness (QED) is 0.422. The van der Waals surface area contributed by atoms with Gasteiger partial charge in [-0.1, -0.05) is 44.5 Å². The molecule has 3 aromatic rings. The Morgan fingerprint density at radius 1 is 1.00 bits per heavy atom. The first-order valence-corrected chi connectivity index (χ1v) is 11.2. The van der Waals surface area contributed by atoms with Crippen LogP contribution in [-0.4, -0.2) is 21.4 Å². The van der Waals surface area contributed by atoms with Gasteiger partial charge >= 0.3 is 0 Å². The highest BCUT2D eigenvalue weighted by Crippen LogP contribution is 2.37. The third-order valence-corrected chi connectivity index (χ3v) is 6.49. The fourth-order valence-electron chi connectivity index (χ4n) is 3.36. The van der Waals surface area contributed by atoms with E-state index < -0.39 is 29.0 Å². The molecule has 2 heterocycles. The monoisotopic (exact) mass is 471 g/mol. The Labute approximate surface area is 192 Å². The lowest BCUT2D eigenvalue weighted by atomic mass is 9.87. The summed E-state index contributed by atoms with van der Waals surface area (Å²) in [7, 11) is 0. The first-order chi connectivity index (χ1) is 15.1. The maximum atomic E-state index is 13.2. The Kier molecular flexibility index (Phi) is 5.70. The van der Waals surface area contributed by atoms with E-state index in [0.29, 0.717) is 4.90 Å². The molecule has 1 N–H and O–H groups in total. The zero-order valence-corrected chi connectivity index (χ0v) is 19.1. The second-order valence-electron chi connectivity index (χ2n) is 8.27. The van der Waals surface area contributed by atoms with Crippen molar-refractivity contribution in [3.63, 3.8) is 0 Å². The van der Waals surface area contributed by atoms with Gasteiger partial charge in [0.15, 0.2) is 4.90 Å². The Bertz CT molecular complexity index is 1210. The minimum Gasteiger partial charge on any atom is -0.588 e. The number of carbonyl (C=O) groups excluding carboxylic acids is 2. The van der Waals surface area contributed by atoms with Crippen molar-refractivity contribution in [1.82, 2.24) is 4.98 Å². The number of anilines is 2. The Hall–Kier alpha value is -2.94. The summed E-state index contributed by atoms with van der Waals surface area (Å²) >= 11 is 4.52. The molecule has 0 saturated heterocycles. The molecule has 9 heteroatoms. The standard InChI is InChI=1S/C23H19ClFN3O3S/c1-23(2,3)13-4-7-15(8-5-13)32(31)27-17-10-9-16(24)19-20(17)22(30)28(21(19)29)18-11-6-14(25)12-26-18/h4-12,27H,1-3H3. The van der Waals surface area contributed by atoms with Crippen LogP contribution < -0.4 is 9.62 Å². The van der Waals surface area contributed by atoms with Gasteiger partial charge in [0, 0.05) is 0 Å². The van der Waals surface area contributed by atoms with Gasteiger partial charge in [-0.3, -0.25) is 9.59 Å². The number of fused-ring (bicyclic) bond motifs is 1. The molecule has 0 aliphatic carbocycles. The number of benzene rings is 2. The number of halogens is 2. The predicted molar refractivity (Wildman–Crippen MR) is 122 cm³/mol. The summed E-state index contributed by atoms with van der Waals surface area (Å²) in [5, 5.41) is 0.0776. The second kappa shape index (κ2) is 8.20. The van der Waals surface area contributed by atoms with Crippen LogP contribution in [0, 0.1) is 5.82 Å². The molecule has 4 rings (SSSR count). The summed E-state index contributed by atoms with van der Waals surface area (Å²) in [6.07, 6.45) is 0.913. The van der Waals surface area contributed by atoms with Crippen LogP contribution >= 0.6 is 11.6 Å². The molecule has 0 bridgehead atoms. The molecule has 0 spiro atoms. The van der Waals surface area contributed by atoms with E-state index in [1.165, 1.54) is 18.2 Å². The van der Waals surface area contributed by atoms with Crippen LogP contribution in [0.25, 0.3) is 0 Å². The summed E-state index contributed by atoms with van der Waals surface area (Å²) in [4.78, 5) is 31.2. The van der Waals surface area contributed by atoms with Gasteiger partial charge in [0.05, 0.1) is 28.0 Å². The van der Waals surface area contributed by atoms with Crippen molar-refractivity contribution in [2.24, 2.45) is 0 Å². The van der Waals surface area contributed by atoms with Crippen LogP contribution in [0.5, 0.6) is 0 Å². The Balaban J connectivity index is 1.67. The number of hydrogen-bond acceptors (Lipinski definition) is 5. The van der Waals surface area contributed by atoms with Crippen LogP contribution in [0.3, 0.4) is 0 Å². The number of nitrogens with zero attached hydrogens (tertiary/aromatic N) is 2. The van der Waals surface area contributed by atoms with E-state index in [1.807, 2.05) is 12.1 Å². The van der Waals surface area contributed by atoms with E-state index in [-0.39, 0.29) is 33.1 Å². The van der Waals surface area contributed by atoms with Gasteiger partial charge in [-0.25, -0.2) is 19.0 Å². The van der Waals surface area contributed by atoms with Gasteiger partial charge in [0.2, 0.25) is 0 Å². The third-order valence-electron chi connectivity index (χ3n) is 5.07. The highest BCUT2D eigenvalue weighted by atomic mass is 35.5. The highest BCUT2D eigenvalue weighted by Gasteiger charge is 2.42. The Morgan fingerprint density at radius 3 is 2.25 bits per heavy atom. The molecule has 2 aromatic carbocycles. The van der Waals surface area contributed by atoms with Gasteiger partial charge in [-0.2, -0.15) is 0 Å². The molecule has 0 fully saturated rings. The van der Waals surface area contributed by atoms with Gasteiger partial charge in [0.25, 0.3) is 11.8 Å². The minimum atomic E-state index is -1.69. The molecule has 2 amide bonds. The number of hydrogen-bond donors (Lipinski definition) is 1. The van der Waals surface area contributed by atoms with Crippen molar-refractivity contribution in [1.29, 1.82) is 0 Å². The largest absolute Gasteiger partial charge is 0.588 e. The minimum absolute atomic E-state index is 0.00622. The fraction of sp³-hybridized carbons (Fsp3) is 0.174. The molecule has 1 atom stereocenters. The third kappa shape index (κ3) is 3.97.